The third kappa shape index (κ3) is 6.97. The summed E-state index contributed by atoms with van der Waals surface area (Å²) in [5.41, 5.74) is 0. The molecule has 0 aromatic heterocycles. The second-order valence-electron chi connectivity index (χ2n) is 1.41. The largest absolute Gasteiger partial charge is 0.315 e. The van der Waals surface area contributed by atoms with Crippen LogP contribution in [0.15, 0.2) is 0 Å². The van der Waals surface area contributed by atoms with Gasteiger partial charge in [0.2, 0.25) is 0 Å². The van der Waals surface area contributed by atoms with Gasteiger partial charge in [0.1, 0.15) is 33.7 Å². The molecular formula is C3H5Cl3OP+. The minimum absolute atomic E-state index is 0.0710. The van der Waals surface area contributed by atoms with E-state index in [4.69, 9.17) is 33.7 Å². The van der Waals surface area contributed by atoms with E-state index >= 15 is 0 Å². The van der Waals surface area contributed by atoms with E-state index in [2.05, 4.69) is 0 Å². The van der Waals surface area contributed by atoms with Crippen LogP contribution < -0.4 is 0 Å². The zero-order chi connectivity index (χ0) is 6.78. The van der Waals surface area contributed by atoms with Crippen molar-refractivity contribution in [1.29, 1.82) is 0 Å². The lowest BCUT2D eigenvalue weighted by Crippen LogP contribution is -1.93. The lowest BCUT2D eigenvalue weighted by molar-refractivity contribution is -0.114. The van der Waals surface area contributed by atoms with Crippen molar-refractivity contribution in [2.24, 2.45) is 0 Å². The van der Waals surface area contributed by atoms with Crippen LogP contribution >= 0.6 is 39.0 Å². The van der Waals surface area contributed by atoms with Crippen molar-refractivity contribution in [3.8, 4) is 0 Å². The Bertz CT molecular complexity index is 97.2. The van der Waals surface area contributed by atoms with Crippen LogP contribution in [-0.4, -0.2) is 11.9 Å². The zero-order valence-corrected chi connectivity index (χ0v) is 7.36. The highest BCUT2D eigenvalue weighted by atomic mass is 36.1. The Kier molecular flexibility index (Phi) is 3.61. The molecule has 0 aromatic carbocycles. The minimum atomic E-state index is -2.40. The molecule has 0 unspecified atom stereocenters. The van der Waals surface area contributed by atoms with Crippen LogP contribution in [0.5, 0.6) is 0 Å². The summed E-state index contributed by atoms with van der Waals surface area (Å²) >= 11 is 16.0. The second-order valence-corrected chi connectivity index (χ2v) is 9.58. The fourth-order valence-corrected chi connectivity index (χ4v) is 2.27. The number of Topliss-reactive ketones (excluding diaryl/α,β-unsaturated/α-hetero) is 1. The van der Waals surface area contributed by atoms with Crippen LogP contribution in [0.2, 0.25) is 0 Å². The maximum absolute atomic E-state index is 10.2. The Labute approximate surface area is 63.0 Å². The molecule has 48 valence electrons. The second kappa shape index (κ2) is 3.22. The van der Waals surface area contributed by atoms with Gasteiger partial charge in [0.25, 0.3) is 0 Å². The Morgan fingerprint density at radius 3 is 1.88 bits per heavy atom. The molecule has 0 atom stereocenters. The number of hydrogen-bond donors (Lipinski definition) is 0. The molecule has 0 rings (SSSR count). The third-order valence-corrected chi connectivity index (χ3v) is 2.28. The van der Waals surface area contributed by atoms with Gasteiger partial charge in [-0.15, -0.1) is 0 Å². The summed E-state index contributed by atoms with van der Waals surface area (Å²) in [5, 5.41) is -2.40. The van der Waals surface area contributed by atoms with E-state index in [0.717, 1.165) is 0 Å². The zero-order valence-electron chi connectivity index (χ0n) is 4.20. The Hall–Kier alpha value is 0.970. The molecular weight excluding hydrogens is 189 g/mol. The molecule has 0 aliphatic rings. The molecule has 0 N–H and O–H groups in total. The summed E-state index contributed by atoms with van der Waals surface area (Å²) in [5.74, 6) is -0.0710. The summed E-state index contributed by atoms with van der Waals surface area (Å²) < 4.78 is 0. The van der Waals surface area contributed by atoms with Crippen molar-refractivity contribution in [2.75, 3.05) is 6.16 Å². The normalized spacial score (nSPS) is 11.5. The van der Waals surface area contributed by atoms with Gasteiger partial charge < -0.3 is 0 Å². The predicted molar refractivity (Wildman–Crippen MR) is 40.0 cm³/mol. The molecule has 0 fully saturated rings. The van der Waals surface area contributed by atoms with Gasteiger partial charge in [0, 0.05) is 0 Å². The highest BCUT2D eigenvalue weighted by molar-refractivity contribution is 8.33. The van der Waals surface area contributed by atoms with Crippen LogP contribution in [-0.2, 0) is 4.79 Å². The number of ketones is 1. The number of halogens is 3. The predicted octanol–water partition coefficient (Wildman–Crippen LogP) is 3.05. The summed E-state index contributed by atoms with van der Waals surface area (Å²) in [6.07, 6.45) is 0.0949. The van der Waals surface area contributed by atoms with E-state index in [9.17, 15) is 4.79 Å². The van der Waals surface area contributed by atoms with Gasteiger partial charge >= 0.3 is 5.32 Å². The number of carbonyl (C=O) groups excluding carboxylic acids is 1. The van der Waals surface area contributed by atoms with Gasteiger partial charge in [-0.3, -0.25) is 4.79 Å². The monoisotopic (exact) mass is 193 g/mol. The topological polar surface area (TPSA) is 17.1 Å². The highest BCUT2D eigenvalue weighted by Gasteiger charge is 2.34. The van der Waals surface area contributed by atoms with Crippen molar-refractivity contribution >= 4 is 44.8 Å². The van der Waals surface area contributed by atoms with Gasteiger partial charge in [-0.2, -0.15) is 0 Å². The molecule has 0 amide bonds. The number of rotatable bonds is 2. The summed E-state index contributed by atoms with van der Waals surface area (Å²) in [7, 11) is 0. The van der Waals surface area contributed by atoms with Crippen LogP contribution in [0.4, 0.5) is 0 Å². The number of carbonyl (C=O) groups is 1. The Balaban J connectivity index is 3.55. The van der Waals surface area contributed by atoms with E-state index < -0.39 is 5.32 Å². The van der Waals surface area contributed by atoms with Crippen molar-refractivity contribution < 1.29 is 4.79 Å². The minimum Gasteiger partial charge on any atom is -0.296 e. The van der Waals surface area contributed by atoms with Crippen LogP contribution in [0, 0.1) is 0 Å². The van der Waals surface area contributed by atoms with E-state index in [-0.39, 0.29) is 11.9 Å². The van der Waals surface area contributed by atoms with E-state index in [1.165, 1.54) is 6.92 Å². The van der Waals surface area contributed by atoms with Gasteiger partial charge in [0.15, 0.2) is 11.9 Å². The highest BCUT2D eigenvalue weighted by Crippen LogP contribution is 2.73. The molecule has 8 heavy (non-hydrogen) atoms. The van der Waals surface area contributed by atoms with Gasteiger partial charge in [-0.25, -0.2) is 0 Å². The molecule has 0 aliphatic heterocycles. The number of hydrogen-bond acceptors (Lipinski definition) is 1. The molecule has 0 radical (unpaired) electrons. The molecule has 0 spiro atoms. The SMILES string of the molecule is CC(=O)C[P+](Cl)(Cl)Cl. The lowest BCUT2D eigenvalue weighted by atomic mass is 10.5. The molecule has 0 bridgehead atoms. The van der Waals surface area contributed by atoms with Gasteiger partial charge in [-0.1, -0.05) is 0 Å². The van der Waals surface area contributed by atoms with E-state index in [1.54, 1.807) is 0 Å². The van der Waals surface area contributed by atoms with Crippen LogP contribution in [0.25, 0.3) is 0 Å². The fraction of sp³-hybridized carbons (Fsp3) is 0.667. The average molecular weight is 194 g/mol. The Morgan fingerprint density at radius 2 is 1.88 bits per heavy atom. The maximum atomic E-state index is 10.2. The third-order valence-electron chi connectivity index (χ3n) is 0.402. The summed E-state index contributed by atoms with van der Waals surface area (Å²) in [6, 6.07) is 0. The standard InChI is InChI=1S/C3H5Cl3OP/c1-3(7)2-8(4,5)6/h2H2,1H3/q+1. The average Bonchev–Trinajstić information content (AvgIpc) is 1.21. The van der Waals surface area contributed by atoms with Crippen molar-refractivity contribution in [2.45, 2.75) is 6.92 Å². The molecule has 0 saturated carbocycles. The summed E-state index contributed by atoms with van der Waals surface area (Å²) in [6.45, 7) is 1.40. The fourth-order valence-electron chi connectivity index (χ4n) is 0.252. The first-order valence-electron chi connectivity index (χ1n) is 1.88. The lowest BCUT2D eigenvalue weighted by Gasteiger charge is -1.92. The van der Waals surface area contributed by atoms with Crippen molar-refractivity contribution in [3.63, 3.8) is 0 Å². The van der Waals surface area contributed by atoms with Crippen molar-refractivity contribution in [1.82, 2.24) is 0 Å². The van der Waals surface area contributed by atoms with Crippen LogP contribution in [0.3, 0.4) is 0 Å². The molecule has 0 heterocycles. The molecule has 0 aliphatic carbocycles. The van der Waals surface area contributed by atoms with E-state index in [1.807, 2.05) is 0 Å². The molecule has 1 nitrogen and oxygen atoms in total. The first-order valence-corrected chi connectivity index (χ1v) is 6.57. The van der Waals surface area contributed by atoms with Gasteiger partial charge in [-0.05, 0) is 6.92 Å². The molecule has 5 heteroatoms. The van der Waals surface area contributed by atoms with Crippen LogP contribution in [0.1, 0.15) is 6.92 Å². The molecule has 0 saturated heterocycles. The smallest absolute Gasteiger partial charge is 0.296 e. The first kappa shape index (κ1) is 8.97. The van der Waals surface area contributed by atoms with Crippen molar-refractivity contribution in [3.05, 3.63) is 0 Å². The quantitative estimate of drug-likeness (QED) is 0.618. The van der Waals surface area contributed by atoms with E-state index in [0.29, 0.717) is 0 Å². The maximum Gasteiger partial charge on any atom is 0.315 e. The first-order chi connectivity index (χ1) is 3.42. The summed E-state index contributed by atoms with van der Waals surface area (Å²) in [4.78, 5) is 10.2. The molecule has 0 aromatic rings. The van der Waals surface area contributed by atoms with Gasteiger partial charge in [0.05, 0.1) is 0 Å². The Morgan fingerprint density at radius 1 is 1.50 bits per heavy atom.